The van der Waals surface area contributed by atoms with Crippen LogP contribution in [0.5, 0.6) is 0 Å². The molecule has 0 amide bonds. The molecule has 0 atom stereocenters. The van der Waals surface area contributed by atoms with Crippen molar-refractivity contribution < 1.29 is 14.0 Å². The number of ketones is 2. The van der Waals surface area contributed by atoms with Crippen molar-refractivity contribution in [3.05, 3.63) is 107 Å². The minimum absolute atomic E-state index is 0.0372. The average molecular weight is 332 g/mol. The van der Waals surface area contributed by atoms with E-state index in [0.717, 1.165) is 11.1 Å². The van der Waals surface area contributed by atoms with Gasteiger partial charge in [-0.3, -0.25) is 9.59 Å². The van der Waals surface area contributed by atoms with E-state index in [9.17, 15) is 14.0 Å². The first-order valence-corrected chi connectivity index (χ1v) is 8.06. The molecule has 0 heterocycles. The highest BCUT2D eigenvalue weighted by molar-refractivity contribution is 6.08. The molecule has 3 heteroatoms. The normalized spacial score (nSPS) is 10.4. The summed E-state index contributed by atoms with van der Waals surface area (Å²) in [6.45, 7) is 0. The van der Waals surface area contributed by atoms with Crippen LogP contribution < -0.4 is 0 Å². The Balaban J connectivity index is 1.63. The third-order valence-corrected chi connectivity index (χ3v) is 3.97. The molecular weight excluding hydrogens is 315 g/mol. The summed E-state index contributed by atoms with van der Waals surface area (Å²) in [5.74, 6) is -0.298. The lowest BCUT2D eigenvalue weighted by Crippen LogP contribution is -2.07. The number of hydrogen-bond acceptors (Lipinski definition) is 2. The Hall–Kier alpha value is -3.07. The lowest BCUT2D eigenvalue weighted by Gasteiger charge is -2.05. The smallest absolute Gasteiger partial charge is 0.193 e. The zero-order valence-electron chi connectivity index (χ0n) is 13.6. The second-order valence-electron chi connectivity index (χ2n) is 5.91. The zero-order valence-corrected chi connectivity index (χ0v) is 13.6. The lowest BCUT2D eigenvalue weighted by atomic mass is 9.99. The van der Waals surface area contributed by atoms with Gasteiger partial charge in [-0.05, 0) is 23.3 Å². The SMILES string of the molecule is O=C(Cc1ccc(F)cc1)Cc1ccc(C(=O)c2ccccc2)cc1. The maximum Gasteiger partial charge on any atom is 0.193 e. The summed E-state index contributed by atoms with van der Waals surface area (Å²) in [4.78, 5) is 24.5. The van der Waals surface area contributed by atoms with E-state index in [1.807, 2.05) is 18.2 Å². The van der Waals surface area contributed by atoms with Crippen LogP contribution in [0.2, 0.25) is 0 Å². The van der Waals surface area contributed by atoms with E-state index in [-0.39, 0.29) is 30.2 Å². The number of halogens is 1. The van der Waals surface area contributed by atoms with Gasteiger partial charge in [0, 0.05) is 24.0 Å². The van der Waals surface area contributed by atoms with E-state index in [1.165, 1.54) is 12.1 Å². The molecule has 0 aliphatic heterocycles. The van der Waals surface area contributed by atoms with E-state index in [0.29, 0.717) is 11.1 Å². The van der Waals surface area contributed by atoms with Crippen LogP contribution in [0.15, 0.2) is 78.9 Å². The monoisotopic (exact) mass is 332 g/mol. The Bertz CT molecular complexity index is 866. The molecule has 0 saturated carbocycles. The first kappa shape index (κ1) is 16.8. The quantitative estimate of drug-likeness (QED) is 0.627. The van der Waals surface area contributed by atoms with Crippen LogP contribution in [0, 0.1) is 5.82 Å². The largest absolute Gasteiger partial charge is 0.299 e. The first-order chi connectivity index (χ1) is 12.1. The molecule has 2 nitrogen and oxygen atoms in total. The van der Waals surface area contributed by atoms with Crippen molar-refractivity contribution in [1.29, 1.82) is 0 Å². The number of rotatable bonds is 6. The van der Waals surface area contributed by atoms with Gasteiger partial charge in [-0.15, -0.1) is 0 Å². The molecule has 124 valence electrons. The van der Waals surface area contributed by atoms with E-state index in [1.54, 1.807) is 48.5 Å². The van der Waals surface area contributed by atoms with Crippen LogP contribution in [0.3, 0.4) is 0 Å². The van der Waals surface area contributed by atoms with Crippen LogP contribution in [0.4, 0.5) is 4.39 Å². The zero-order chi connectivity index (χ0) is 17.6. The van der Waals surface area contributed by atoms with Crippen LogP contribution in [-0.2, 0) is 17.6 Å². The summed E-state index contributed by atoms with van der Waals surface area (Å²) in [6, 6.07) is 22.1. The Morgan fingerprint density at radius 3 is 1.68 bits per heavy atom. The van der Waals surface area contributed by atoms with Crippen LogP contribution >= 0.6 is 0 Å². The molecule has 0 aliphatic rings. The highest BCUT2D eigenvalue weighted by atomic mass is 19.1. The molecule has 0 aromatic heterocycles. The van der Waals surface area contributed by atoms with Gasteiger partial charge in [0.1, 0.15) is 11.6 Å². The highest BCUT2D eigenvalue weighted by Crippen LogP contribution is 2.13. The molecule has 0 spiro atoms. The molecule has 0 bridgehead atoms. The van der Waals surface area contributed by atoms with E-state index >= 15 is 0 Å². The number of benzene rings is 3. The van der Waals surface area contributed by atoms with Crippen molar-refractivity contribution in [3.63, 3.8) is 0 Å². The molecule has 0 N–H and O–H groups in total. The van der Waals surface area contributed by atoms with Gasteiger partial charge in [0.15, 0.2) is 5.78 Å². The van der Waals surface area contributed by atoms with Gasteiger partial charge in [0.25, 0.3) is 0 Å². The minimum atomic E-state index is -0.310. The molecular formula is C22H17FO2. The molecule has 3 aromatic carbocycles. The molecule has 0 radical (unpaired) electrons. The Labute approximate surface area is 145 Å². The van der Waals surface area contributed by atoms with E-state index < -0.39 is 0 Å². The van der Waals surface area contributed by atoms with Gasteiger partial charge in [-0.25, -0.2) is 4.39 Å². The molecule has 0 unspecified atom stereocenters. The molecule has 25 heavy (non-hydrogen) atoms. The molecule has 0 aliphatic carbocycles. The summed E-state index contributed by atoms with van der Waals surface area (Å²) in [7, 11) is 0. The molecule has 3 rings (SSSR count). The third kappa shape index (κ3) is 4.48. The minimum Gasteiger partial charge on any atom is -0.299 e. The summed E-state index contributed by atoms with van der Waals surface area (Å²) in [5.41, 5.74) is 2.89. The topological polar surface area (TPSA) is 34.1 Å². The van der Waals surface area contributed by atoms with E-state index in [2.05, 4.69) is 0 Å². The standard InChI is InChI=1S/C22H17FO2/c23-20-12-8-17(9-13-20)15-21(24)14-16-6-10-19(11-7-16)22(25)18-4-2-1-3-5-18/h1-13H,14-15H2. The van der Waals surface area contributed by atoms with Crippen LogP contribution in [0.1, 0.15) is 27.0 Å². The van der Waals surface area contributed by atoms with Crippen molar-refractivity contribution in [1.82, 2.24) is 0 Å². The summed E-state index contributed by atoms with van der Waals surface area (Å²) in [6.07, 6.45) is 0.558. The summed E-state index contributed by atoms with van der Waals surface area (Å²) < 4.78 is 12.9. The first-order valence-electron chi connectivity index (χ1n) is 8.06. The fourth-order valence-electron chi connectivity index (χ4n) is 2.65. The Morgan fingerprint density at radius 1 is 0.640 bits per heavy atom. The Kier molecular flexibility index (Phi) is 5.14. The average Bonchev–Trinajstić information content (AvgIpc) is 2.64. The predicted octanol–water partition coefficient (Wildman–Crippen LogP) is 4.41. The Morgan fingerprint density at radius 2 is 1.12 bits per heavy atom. The fourth-order valence-corrected chi connectivity index (χ4v) is 2.65. The summed E-state index contributed by atoms with van der Waals surface area (Å²) >= 11 is 0. The molecule has 3 aromatic rings. The second kappa shape index (κ2) is 7.67. The van der Waals surface area contributed by atoms with Crippen molar-refractivity contribution in [3.8, 4) is 0 Å². The van der Waals surface area contributed by atoms with Crippen molar-refractivity contribution in [2.45, 2.75) is 12.8 Å². The lowest BCUT2D eigenvalue weighted by molar-refractivity contribution is -0.117. The number of carbonyl (C=O) groups is 2. The highest BCUT2D eigenvalue weighted by Gasteiger charge is 2.10. The fraction of sp³-hybridized carbons (Fsp3) is 0.0909. The second-order valence-corrected chi connectivity index (χ2v) is 5.91. The van der Waals surface area contributed by atoms with Crippen molar-refractivity contribution in [2.75, 3.05) is 0 Å². The van der Waals surface area contributed by atoms with Gasteiger partial charge in [-0.1, -0.05) is 66.7 Å². The number of hydrogen-bond donors (Lipinski definition) is 0. The predicted molar refractivity (Wildman–Crippen MR) is 95.1 cm³/mol. The third-order valence-electron chi connectivity index (χ3n) is 3.97. The van der Waals surface area contributed by atoms with Crippen molar-refractivity contribution in [2.24, 2.45) is 0 Å². The number of Topliss-reactive ketones (excluding diaryl/α,β-unsaturated/α-hetero) is 1. The van der Waals surface area contributed by atoms with Gasteiger partial charge >= 0.3 is 0 Å². The van der Waals surface area contributed by atoms with E-state index in [4.69, 9.17) is 0 Å². The van der Waals surface area contributed by atoms with Gasteiger partial charge < -0.3 is 0 Å². The molecule has 0 fully saturated rings. The van der Waals surface area contributed by atoms with Crippen LogP contribution in [0.25, 0.3) is 0 Å². The molecule has 0 saturated heterocycles. The van der Waals surface area contributed by atoms with Gasteiger partial charge in [0.2, 0.25) is 0 Å². The summed E-state index contributed by atoms with van der Waals surface area (Å²) in [5, 5.41) is 0. The van der Waals surface area contributed by atoms with Gasteiger partial charge in [0.05, 0.1) is 0 Å². The van der Waals surface area contributed by atoms with Crippen LogP contribution in [-0.4, -0.2) is 11.6 Å². The maximum absolute atomic E-state index is 12.9. The van der Waals surface area contributed by atoms with Crippen molar-refractivity contribution >= 4 is 11.6 Å². The van der Waals surface area contributed by atoms with Gasteiger partial charge in [-0.2, -0.15) is 0 Å². The number of carbonyl (C=O) groups excluding carboxylic acids is 2. The maximum atomic E-state index is 12.9.